The van der Waals surface area contributed by atoms with E-state index in [0.29, 0.717) is 22.4 Å². The monoisotopic (exact) mass is 277 g/mol. The molecule has 0 unspecified atom stereocenters. The highest BCUT2D eigenvalue weighted by atomic mass is 19.1. The zero-order chi connectivity index (χ0) is 14.8. The SMILES string of the molecule is Cc1cccc(/C=C(/C#N)c2nc3ccc(F)cc3[nH]2)c1. The first kappa shape index (κ1) is 13.1. The van der Waals surface area contributed by atoms with Gasteiger partial charge in [-0.15, -0.1) is 0 Å². The number of nitrogens with zero attached hydrogens (tertiary/aromatic N) is 2. The van der Waals surface area contributed by atoms with Gasteiger partial charge in [0.25, 0.3) is 0 Å². The predicted octanol–water partition coefficient (Wildman–Crippen LogP) is 4.07. The third kappa shape index (κ3) is 2.67. The van der Waals surface area contributed by atoms with E-state index < -0.39 is 0 Å². The Morgan fingerprint density at radius 1 is 1.29 bits per heavy atom. The number of rotatable bonds is 2. The van der Waals surface area contributed by atoms with Gasteiger partial charge in [0.1, 0.15) is 17.7 Å². The van der Waals surface area contributed by atoms with E-state index in [1.807, 2.05) is 31.2 Å². The number of aromatic amines is 1. The van der Waals surface area contributed by atoms with Crippen LogP contribution in [0, 0.1) is 24.1 Å². The predicted molar refractivity (Wildman–Crippen MR) is 80.7 cm³/mol. The van der Waals surface area contributed by atoms with Crippen LogP contribution in [0.15, 0.2) is 42.5 Å². The van der Waals surface area contributed by atoms with Crippen molar-refractivity contribution in [3.8, 4) is 6.07 Å². The highest BCUT2D eigenvalue weighted by molar-refractivity contribution is 5.90. The van der Waals surface area contributed by atoms with E-state index in [4.69, 9.17) is 0 Å². The minimum Gasteiger partial charge on any atom is -0.337 e. The second kappa shape index (κ2) is 5.22. The van der Waals surface area contributed by atoms with Crippen molar-refractivity contribution >= 4 is 22.7 Å². The average Bonchev–Trinajstić information content (AvgIpc) is 2.87. The number of allylic oxidation sites excluding steroid dienone is 1. The molecule has 0 fully saturated rings. The Morgan fingerprint density at radius 3 is 2.90 bits per heavy atom. The van der Waals surface area contributed by atoms with Crippen molar-refractivity contribution in [1.82, 2.24) is 9.97 Å². The molecule has 1 N–H and O–H groups in total. The minimum atomic E-state index is -0.334. The van der Waals surface area contributed by atoms with E-state index in [2.05, 4.69) is 16.0 Å². The number of aryl methyl sites for hydroxylation is 1. The van der Waals surface area contributed by atoms with Crippen molar-refractivity contribution in [2.24, 2.45) is 0 Å². The normalized spacial score (nSPS) is 11.6. The van der Waals surface area contributed by atoms with E-state index in [-0.39, 0.29) is 5.82 Å². The Balaban J connectivity index is 2.08. The Hall–Kier alpha value is -2.93. The van der Waals surface area contributed by atoms with Gasteiger partial charge in [-0.25, -0.2) is 9.37 Å². The second-order valence-electron chi connectivity index (χ2n) is 4.83. The summed E-state index contributed by atoms with van der Waals surface area (Å²) in [6.07, 6.45) is 1.76. The van der Waals surface area contributed by atoms with Gasteiger partial charge in [0, 0.05) is 0 Å². The van der Waals surface area contributed by atoms with Gasteiger partial charge in [-0.1, -0.05) is 29.8 Å². The summed E-state index contributed by atoms with van der Waals surface area (Å²) in [6, 6.07) is 14.3. The fourth-order valence-corrected chi connectivity index (χ4v) is 2.19. The fraction of sp³-hybridized carbons (Fsp3) is 0.0588. The molecular weight excluding hydrogens is 265 g/mol. The fourth-order valence-electron chi connectivity index (χ4n) is 2.19. The molecule has 1 aromatic heterocycles. The zero-order valence-corrected chi connectivity index (χ0v) is 11.4. The molecule has 0 saturated carbocycles. The van der Waals surface area contributed by atoms with Crippen LogP contribution in [0.25, 0.3) is 22.7 Å². The molecule has 2 aromatic carbocycles. The number of imidazole rings is 1. The molecule has 0 aliphatic heterocycles. The van der Waals surface area contributed by atoms with E-state index in [1.165, 1.54) is 12.1 Å². The van der Waals surface area contributed by atoms with Gasteiger partial charge in [0.05, 0.1) is 16.6 Å². The van der Waals surface area contributed by atoms with Crippen LogP contribution in [0.4, 0.5) is 4.39 Å². The molecule has 0 spiro atoms. The summed E-state index contributed by atoms with van der Waals surface area (Å²) in [5.41, 5.74) is 3.68. The summed E-state index contributed by atoms with van der Waals surface area (Å²) in [4.78, 5) is 7.31. The Bertz CT molecular complexity index is 884. The van der Waals surface area contributed by atoms with Crippen LogP contribution < -0.4 is 0 Å². The van der Waals surface area contributed by atoms with Crippen LogP contribution in [0.5, 0.6) is 0 Å². The van der Waals surface area contributed by atoms with Crippen LogP contribution in [-0.4, -0.2) is 9.97 Å². The lowest BCUT2D eigenvalue weighted by atomic mass is 10.1. The Labute approximate surface area is 121 Å². The molecule has 0 saturated heterocycles. The number of hydrogen-bond acceptors (Lipinski definition) is 2. The van der Waals surface area contributed by atoms with Crippen LogP contribution in [-0.2, 0) is 0 Å². The van der Waals surface area contributed by atoms with Gasteiger partial charge < -0.3 is 4.98 Å². The number of aromatic nitrogens is 2. The molecule has 0 amide bonds. The van der Waals surface area contributed by atoms with Crippen molar-refractivity contribution in [3.63, 3.8) is 0 Å². The van der Waals surface area contributed by atoms with Gasteiger partial charge in [0.2, 0.25) is 0 Å². The maximum Gasteiger partial charge on any atom is 0.149 e. The molecule has 0 aliphatic rings. The number of fused-ring (bicyclic) bond motifs is 1. The summed E-state index contributed by atoms with van der Waals surface area (Å²) in [7, 11) is 0. The van der Waals surface area contributed by atoms with Crippen molar-refractivity contribution in [3.05, 3.63) is 65.2 Å². The molecule has 0 radical (unpaired) electrons. The number of nitrogens with one attached hydrogen (secondary N) is 1. The lowest BCUT2D eigenvalue weighted by Crippen LogP contribution is -1.85. The van der Waals surface area contributed by atoms with Crippen LogP contribution in [0.3, 0.4) is 0 Å². The minimum absolute atomic E-state index is 0.334. The molecule has 102 valence electrons. The quantitative estimate of drug-likeness (QED) is 0.718. The first-order valence-corrected chi connectivity index (χ1v) is 6.50. The zero-order valence-electron chi connectivity index (χ0n) is 11.4. The molecule has 3 rings (SSSR count). The average molecular weight is 277 g/mol. The first-order chi connectivity index (χ1) is 10.2. The van der Waals surface area contributed by atoms with Gasteiger partial charge in [-0.2, -0.15) is 5.26 Å². The molecule has 21 heavy (non-hydrogen) atoms. The summed E-state index contributed by atoms with van der Waals surface area (Å²) >= 11 is 0. The van der Waals surface area contributed by atoms with Crippen LogP contribution in [0.1, 0.15) is 17.0 Å². The second-order valence-corrected chi connectivity index (χ2v) is 4.83. The molecule has 0 atom stereocenters. The number of H-pyrrole nitrogens is 1. The van der Waals surface area contributed by atoms with Crippen LogP contribution >= 0.6 is 0 Å². The largest absolute Gasteiger partial charge is 0.337 e. The number of benzene rings is 2. The standard InChI is InChI=1S/C17H12FN3/c1-11-3-2-4-12(7-11)8-13(10-19)17-20-15-6-5-14(18)9-16(15)21-17/h2-9H,1H3,(H,20,21)/b13-8-. The molecule has 0 bridgehead atoms. The summed E-state index contributed by atoms with van der Waals surface area (Å²) in [5, 5.41) is 9.34. The topological polar surface area (TPSA) is 52.5 Å². The smallest absolute Gasteiger partial charge is 0.149 e. The highest BCUT2D eigenvalue weighted by Gasteiger charge is 2.08. The summed E-state index contributed by atoms with van der Waals surface area (Å²) < 4.78 is 13.2. The maximum atomic E-state index is 13.2. The van der Waals surface area contributed by atoms with E-state index >= 15 is 0 Å². The Morgan fingerprint density at radius 2 is 2.14 bits per heavy atom. The van der Waals surface area contributed by atoms with E-state index in [9.17, 15) is 9.65 Å². The van der Waals surface area contributed by atoms with Crippen molar-refractivity contribution < 1.29 is 4.39 Å². The van der Waals surface area contributed by atoms with Gasteiger partial charge in [0.15, 0.2) is 0 Å². The highest BCUT2D eigenvalue weighted by Crippen LogP contribution is 2.20. The van der Waals surface area contributed by atoms with Gasteiger partial charge >= 0.3 is 0 Å². The third-order valence-electron chi connectivity index (χ3n) is 3.17. The van der Waals surface area contributed by atoms with Crippen molar-refractivity contribution in [1.29, 1.82) is 5.26 Å². The van der Waals surface area contributed by atoms with E-state index in [0.717, 1.165) is 11.1 Å². The van der Waals surface area contributed by atoms with E-state index in [1.54, 1.807) is 12.1 Å². The molecule has 0 aliphatic carbocycles. The summed E-state index contributed by atoms with van der Waals surface area (Å²) in [6.45, 7) is 1.99. The van der Waals surface area contributed by atoms with Crippen molar-refractivity contribution in [2.75, 3.05) is 0 Å². The number of hydrogen-bond donors (Lipinski definition) is 1. The van der Waals surface area contributed by atoms with Crippen LogP contribution in [0.2, 0.25) is 0 Å². The first-order valence-electron chi connectivity index (χ1n) is 6.50. The van der Waals surface area contributed by atoms with Gasteiger partial charge in [-0.05, 0) is 36.8 Å². The van der Waals surface area contributed by atoms with Gasteiger partial charge in [-0.3, -0.25) is 0 Å². The molecule has 3 aromatic rings. The summed E-state index contributed by atoms with van der Waals surface area (Å²) in [5.74, 6) is 0.110. The molecular formula is C17H12FN3. The molecule has 4 heteroatoms. The van der Waals surface area contributed by atoms with Crippen molar-refractivity contribution in [2.45, 2.75) is 6.92 Å². The lowest BCUT2D eigenvalue weighted by molar-refractivity contribution is 0.629. The Kier molecular flexibility index (Phi) is 3.25. The molecule has 1 heterocycles. The molecule has 3 nitrogen and oxygen atoms in total. The third-order valence-corrected chi connectivity index (χ3v) is 3.17. The number of halogens is 1. The maximum absolute atomic E-state index is 13.2. The lowest BCUT2D eigenvalue weighted by Gasteiger charge is -1.97. The number of nitriles is 1.